The van der Waals surface area contributed by atoms with Crippen molar-refractivity contribution in [2.45, 2.75) is 0 Å². The molecule has 0 aliphatic heterocycles. The van der Waals surface area contributed by atoms with Gasteiger partial charge in [0.05, 0.1) is 14.4 Å². The van der Waals surface area contributed by atoms with Crippen molar-refractivity contribution in [3.63, 3.8) is 0 Å². The molecule has 0 atom stereocenters. The van der Waals surface area contributed by atoms with Gasteiger partial charge in [0.25, 0.3) is 5.91 Å². The molecule has 0 aliphatic rings. The fourth-order valence-corrected chi connectivity index (χ4v) is 3.21. The minimum atomic E-state index is -0.196. The number of nitrogens with two attached hydrogens (primary N) is 1. The topological polar surface area (TPSA) is 87.7 Å². The van der Waals surface area contributed by atoms with Crippen LogP contribution in [0.25, 0.3) is 0 Å². The summed E-state index contributed by atoms with van der Waals surface area (Å²) in [6.07, 6.45) is 0. The number of nitrogens with zero attached hydrogens (tertiary/aromatic N) is 1. The number of carbonyl (C=O) groups excluding carboxylic acids is 1. The van der Waals surface area contributed by atoms with Gasteiger partial charge in [-0.1, -0.05) is 5.16 Å². The number of thiophene rings is 1. The van der Waals surface area contributed by atoms with Crippen molar-refractivity contribution in [3.8, 4) is 0 Å². The molecule has 1 heterocycles. The highest BCUT2D eigenvalue weighted by Crippen LogP contribution is 2.26. The van der Waals surface area contributed by atoms with E-state index in [1.54, 1.807) is 24.3 Å². The monoisotopic (exact) mass is 417 g/mol. The summed E-state index contributed by atoms with van der Waals surface area (Å²) in [6, 6.07) is 8.55. The Morgan fingerprint density at radius 3 is 2.60 bits per heavy atom. The summed E-state index contributed by atoms with van der Waals surface area (Å²) in [4.78, 5) is 12.6. The van der Waals surface area contributed by atoms with E-state index in [1.807, 2.05) is 6.07 Å². The number of rotatable bonds is 3. The van der Waals surface area contributed by atoms with Crippen LogP contribution >= 0.6 is 43.2 Å². The molecule has 0 aliphatic carbocycles. The Morgan fingerprint density at radius 1 is 1.30 bits per heavy atom. The average molecular weight is 419 g/mol. The second-order valence-corrected chi connectivity index (χ2v) is 7.06. The maximum atomic E-state index is 12.0. The van der Waals surface area contributed by atoms with E-state index in [1.165, 1.54) is 11.3 Å². The number of nitrogens with one attached hydrogen (secondary N) is 1. The molecule has 0 spiro atoms. The summed E-state index contributed by atoms with van der Waals surface area (Å²) in [7, 11) is 0. The molecule has 2 aromatic rings. The molecule has 8 heteroatoms. The average Bonchev–Trinajstić information content (AvgIpc) is 2.86. The second-order valence-electron chi connectivity index (χ2n) is 3.74. The number of hydrogen-bond acceptors (Lipinski definition) is 4. The fraction of sp³-hybridized carbons (Fsp3) is 0. The van der Waals surface area contributed by atoms with Crippen molar-refractivity contribution in [1.29, 1.82) is 0 Å². The molecular weight excluding hydrogens is 410 g/mol. The molecule has 0 bridgehead atoms. The number of benzene rings is 1. The van der Waals surface area contributed by atoms with Crippen LogP contribution in [0.3, 0.4) is 0 Å². The summed E-state index contributed by atoms with van der Waals surface area (Å²) in [6.45, 7) is 0. The smallest absolute Gasteiger partial charge is 0.265 e. The number of carbonyl (C=O) groups is 1. The summed E-state index contributed by atoms with van der Waals surface area (Å²) in [5.41, 5.74) is 6.65. The van der Waals surface area contributed by atoms with E-state index in [-0.39, 0.29) is 11.7 Å². The number of halogens is 2. The maximum absolute atomic E-state index is 12.0. The normalized spacial score (nSPS) is 11.4. The van der Waals surface area contributed by atoms with Crippen LogP contribution in [0.1, 0.15) is 15.2 Å². The molecule has 0 radical (unpaired) electrons. The van der Waals surface area contributed by atoms with Crippen molar-refractivity contribution in [2.24, 2.45) is 10.9 Å². The Morgan fingerprint density at radius 2 is 2.05 bits per heavy atom. The van der Waals surface area contributed by atoms with E-state index >= 15 is 0 Å². The maximum Gasteiger partial charge on any atom is 0.265 e. The predicted octanol–water partition coefficient (Wildman–Crippen LogP) is 3.62. The molecule has 5 nitrogen and oxygen atoms in total. The second kappa shape index (κ2) is 6.38. The number of anilines is 1. The predicted molar refractivity (Wildman–Crippen MR) is 86.6 cm³/mol. The van der Waals surface area contributed by atoms with Crippen LogP contribution in [-0.2, 0) is 0 Å². The van der Waals surface area contributed by atoms with Gasteiger partial charge in [0.1, 0.15) is 0 Å². The van der Waals surface area contributed by atoms with Gasteiger partial charge in [0, 0.05) is 10.0 Å². The van der Waals surface area contributed by atoms with Crippen molar-refractivity contribution in [2.75, 3.05) is 5.32 Å². The molecule has 0 unspecified atom stereocenters. The highest BCUT2D eigenvalue weighted by Gasteiger charge is 2.11. The first kappa shape index (κ1) is 15.0. The van der Waals surface area contributed by atoms with Crippen LogP contribution in [0.4, 0.5) is 5.69 Å². The third-order valence-corrected chi connectivity index (χ3v) is 4.70. The molecule has 2 rings (SSSR count). The molecule has 4 N–H and O–H groups in total. The van der Waals surface area contributed by atoms with Crippen molar-refractivity contribution in [3.05, 3.63) is 49.0 Å². The van der Waals surface area contributed by atoms with Gasteiger partial charge in [-0.3, -0.25) is 4.79 Å². The first-order valence-corrected chi connectivity index (χ1v) is 7.75. The molecule has 0 saturated carbocycles. The molecule has 1 aromatic heterocycles. The number of amidine groups is 1. The first-order chi connectivity index (χ1) is 9.51. The Balaban J connectivity index is 2.20. The Bertz CT molecular complexity index is 685. The minimum Gasteiger partial charge on any atom is -0.409 e. The lowest BCUT2D eigenvalue weighted by molar-refractivity contribution is 0.103. The van der Waals surface area contributed by atoms with Crippen LogP contribution in [0, 0.1) is 0 Å². The highest BCUT2D eigenvalue weighted by atomic mass is 79.9. The van der Waals surface area contributed by atoms with Crippen LogP contribution in [0.15, 0.2) is 43.7 Å². The van der Waals surface area contributed by atoms with E-state index in [4.69, 9.17) is 10.9 Å². The standard InChI is InChI=1S/C12H9Br2N3O2S/c13-7-5-6(11(15)17-19)1-2-8(7)16-12(18)9-3-4-10(14)20-9/h1-5,19H,(H2,15,17)(H,16,18). The molecular formula is C12H9Br2N3O2S. The van der Waals surface area contributed by atoms with E-state index in [9.17, 15) is 4.79 Å². The summed E-state index contributed by atoms with van der Waals surface area (Å²) < 4.78 is 1.54. The third-order valence-electron chi connectivity index (χ3n) is 2.42. The molecule has 1 aromatic carbocycles. The van der Waals surface area contributed by atoms with Crippen LogP contribution < -0.4 is 11.1 Å². The number of oxime groups is 1. The van der Waals surface area contributed by atoms with Gasteiger partial charge in [0.15, 0.2) is 5.84 Å². The number of amides is 1. The quantitative estimate of drug-likeness (QED) is 0.308. The van der Waals surface area contributed by atoms with E-state index < -0.39 is 0 Å². The lowest BCUT2D eigenvalue weighted by Crippen LogP contribution is -2.14. The van der Waals surface area contributed by atoms with E-state index in [0.29, 0.717) is 20.6 Å². The number of hydrogen-bond donors (Lipinski definition) is 3. The van der Waals surface area contributed by atoms with Gasteiger partial charge in [0.2, 0.25) is 0 Å². The van der Waals surface area contributed by atoms with Gasteiger partial charge in [-0.05, 0) is 62.2 Å². The van der Waals surface area contributed by atoms with Gasteiger partial charge in [-0.15, -0.1) is 11.3 Å². The Labute approximate surface area is 135 Å². The van der Waals surface area contributed by atoms with Crippen molar-refractivity contribution in [1.82, 2.24) is 0 Å². The van der Waals surface area contributed by atoms with Crippen LogP contribution in [-0.4, -0.2) is 17.0 Å². The molecule has 20 heavy (non-hydrogen) atoms. The van der Waals surface area contributed by atoms with E-state index in [2.05, 4.69) is 42.3 Å². The molecule has 0 saturated heterocycles. The van der Waals surface area contributed by atoms with Crippen molar-refractivity contribution < 1.29 is 10.0 Å². The largest absolute Gasteiger partial charge is 0.409 e. The minimum absolute atomic E-state index is 0.00534. The van der Waals surface area contributed by atoms with Gasteiger partial charge >= 0.3 is 0 Å². The molecule has 1 amide bonds. The summed E-state index contributed by atoms with van der Waals surface area (Å²) in [5.74, 6) is -0.191. The first-order valence-electron chi connectivity index (χ1n) is 5.35. The summed E-state index contributed by atoms with van der Waals surface area (Å²) in [5, 5.41) is 14.3. The van der Waals surface area contributed by atoms with Crippen LogP contribution in [0.5, 0.6) is 0 Å². The SMILES string of the molecule is N/C(=N/O)c1ccc(NC(=O)c2ccc(Br)s2)c(Br)c1. The highest BCUT2D eigenvalue weighted by molar-refractivity contribution is 9.11. The third kappa shape index (κ3) is 3.38. The van der Waals surface area contributed by atoms with Crippen molar-refractivity contribution >= 4 is 60.6 Å². The van der Waals surface area contributed by atoms with E-state index in [0.717, 1.165) is 3.79 Å². The lowest BCUT2D eigenvalue weighted by Gasteiger charge is -2.08. The van der Waals surface area contributed by atoms with Gasteiger partial charge < -0.3 is 16.3 Å². The lowest BCUT2D eigenvalue weighted by atomic mass is 10.2. The zero-order chi connectivity index (χ0) is 14.7. The fourth-order valence-electron chi connectivity index (χ4n) is 1.45. The van der Waals surface area contributed by atoms with Crippen LogP contribution in [0.2, 0.25) is 0 Å². The Hall–Kier alpha value is -1.38. The van der Waals surface area contributed by atoms with Gasteiger partial charge in [-0.25, -0.2) is 0 Å². The zero-order valence-electron chi connectivity index (χ0n) is 9.93. The molecule has 104 valence electrons. The Kier molecular flexibility index (Phi) is 4.79. The zero-order valence-corrected chi connectivity index (χ0v) is 13.9. The summed E-state index contributed by atoms with van der Waals surface area (Å²) >= 11 is 8.00. The van der Waals surface area contributed by atoms with Gasteiger partial charge in [-0.2, -0.15) is 0 Å². The molecule has 0 fully saturated rings.